The minimum atomic E-state index is -0.555. The first-order chi connectivity index (χ1) is 12.0. The van der Waals surface area contributed by atoms with Crippen molar-refractivity contribution in [2.24, 2.45) is 5.41 Å². The molecular weight excluding hydrogens is 338 g/mol. The highest BCUT2D eigenvalue weighted by Crippen LogP contribution is 2.27. The molecule has 0 bridgehead atoms. The van der Waals surface area contributed by atoms with E-state index in [1.54, 1.807) is 39.0 Å². The molecule has 0 unspecified atom stereocenters. The Labute approximate surface area is 155 Å². The van der Waals surface area contributed by atoms with Gasteiger partial charge in [-0.1, -0.05) is 13.8 Å². The summed E-state index contributed by atoms with van der Waals surface area (Å²) in [6.45, 7) is 9.89. The molecule has 7 nitrogen and oxygen atoms in total. The molecule has 146 valence electrons. The average molecular weight is 367 g/mol. The second-order valence-corrected chi connectivity index (χ2v) is 7.66. The first-order valence-corrected chi connectivity index (χ1v) is 8.33. The number of amides is 1. The standard InChI is InChI=1S/C19H29NO6/c1-18(2,3)26-17(22)20-11-19(4,5)12-25-15-10-13(23-6)8-9-14(15)16(21)24-7/h8-10H,11-12H2,1-7H3,(H,20,22). The van der Waals surface area contributed by atoms with Crippen molar-refractivity contribution < 1.29 is 28.5 Å². The van der Waals surface area contributed by atoms with Crippen molar-refractivity contribution in [1.82, 2.24) is 5.32 Å². The summed E-state index contributed by atoms with van der Waals surface area (Å²) in [5.74, 6) is 0.436. The first kappa shape index (κ1) is 21.6. The molecule has 1 aromatic rings. The summed E-state index contributed by atoms with van der Waals surface area (Å²) in [7, 11) is 2.84. The molecule has 0 saturated carbocycles. The minimum Gasteiger partial charge on any atom is -0.497 e. The third-order valence-electron chi connectivity index (χ3n) is 3.32. The Morgan fingerprint density at radius 2 is 1.73 bits per heavy atom. The predicted octanol–water partition coefficient (Wildman–Crippen LogP) is 3.41. The largest absolute Gasteiger partial charge is 0.497 e. The summed E-state index contributed by atoms with van der Waals surface area (Å²) in [6, 6.07) is 4.88. The number of esters is 1. The van der Waals surface area contributed by atoms with Gasteiger partial charge in [-0.15, -0.1) is 0 Å². The fraction of sp³-hybridized carbons (Fsp3) is 0.579. The van der Waals surface area contributed by atoms with Gasteiger partial charge in [0.2, 0.25) is 0 Å². The van der Waals surface area contributed by atoms with E-state index in [0.29, 0.717) is 23.6 Å². The molecule has 0 saturated heterocycles. The highest BCUT2D eigenvalue weighted by Gasteiger charge is 2.24. The number of methoxy groups -OCH3 is 2. The molecular formula is C19H29NO6. The zero-order chi connectivity index (χ0) is 20.0. The minimum absolute atomic E-state index is 0.264. The van der Waals surface area contributed by atoms with Gasteiger partial charge < -0.3 is 24.3 Å². The van der Waals surface area contributed by atoms with Crippen molar-refractivity contribution >= 4 is 12.1 Å². The second-order valence-electron chi connectivity index (χ2n) is 7.66. The van der Waals surface area contributed by atoms with E-state index in [0.717, 1.165) is 0 Å². The lowest BCUT2D eigenvalue weighted by atomic mass is 9.95. The number of benzene rings is 1. The van der Waals surface area contributed by atoms with Crippen molar-refractivity contribution in [2.45, 2.75) is 40.2 Å². The van der Waals surface area contributed by atoms with E-state index in [9.17, 15) is 9.59 Å². The first-order valence-electron chi connectivity index (χ1n) is 8.33. The third-order valence-corrected chi connectivity index (χ3v) is 3.32. The molecule has 0 heterocycles. The lowest BCUT2D eigenvalue weighted by Gasteiger charge is -2.27. The number of nitrogens with one attached hydrogen (secondary N) is 1. The molecule has 0 spiro atoms. The molecule has 26 heavy (non-hydrogen) atoms. The SMILES string of the molecule is COC(=O)c1ccc(OC)cc1OCC(C)(C)CNC(=O)OC(C)(C)C. The van der Waals surface area contributed by atoms with Crippen LogP contribution in [-0.4, -0.2) is 45.0 Å². The lowest BCUT2D eigenvalue weighted by Crippen LogP contribution is -2.40. The van der Waals surface area contributed by atoms with Gasteiger partial charge in [-0.2, -0.15) is 0 Å². The average Bonchev–Trinajstić information content (AvgIpc) is 2.56. The number of rotatable bonds is 7. The number of hydrogen-bond donors (Lipinski definition) is 1. The van der Waals surface area contributed by atoms with Gasteiger partial charge >= 0.3 is 12.1 Å². The second kappa shape index (κ2) is 8.78. The Hall–Kier alpha value is -2.44. The van der Waals surface area contributed by atoms with E-state index in [1.165, 1.54) is 14.2 Å². The summed E-state index contributed by atoms with van der Waals surface area (Å²) in [5, 5.41) is 2.73. The van der Waals surface area contributed by atoms with Crippen LogP contribution in [0.3, 0.4) is 0 Å². The molecule has 0 radical (unpaired) electrons. The Morgan fingerprint density at radius 3 is 2.27 bits per heavy atom. The topological polar surface area (TPSA) is 83.1 Å². The lowest BCUT2D eigenvalue weighted by molar-refractivity contribution is 0.0492. The van der Waals surface area contributed by atoms with E-state index >= 15 is 0 Å². The monoisotopic (exact) mass is 367 g/mol. The van der Waals surface area contributed by atoms with Gasteiger partial charge in [-0.05, 0) is 32.9 Å². The van der Waals surface area contributed by atoms with Crippen LogP contribution < -0.4 is 14.8 Å². The van der Waals surface area contributed by atoms with Gasteiger partial charge in [-0.25, -0.2) is 9.59 Å². The molecule has 1 aromatic carbocycles. The van der Waals surface area contributed by atoms with Crippen molar-refractivity contribution in [3.63, 3.8) is 0 Å². The maximum atomic E-state index is 11.9. The van der Waals surface area contributed by atoms with E-state index in [1.807, 2.05) is 13.8 Å². The summed E-state index contributed by atoms with van der Waals surface area (Å²) in [4.78, 5) is 23.7. The zero-order valence-corrected chi connectivity index (χ0v) is 16.6. The van der Waals surface area contributed by atoms with Gasteiger partial charge in [0.05, 0.1) is 20.8 Å². The maximum absolute atomic E-state index is 11.9. The van der Waals surface area contributed by atoms with Crippen molar-refractivity contribution in [2.75, 3.05) is 27.4 Å². The van der Waals surface area contributed by atoms with Crippen molar-refractivity contribution in [1.29, 1.82) is 0 Å². The number of alkyl carbamates (subject to hydrolysis) is 1. The third kappa shape index (κ3) is 7.21. The van der Waals surface area contributed by atoms with Crippen LogP contribution in [0.5, 0.6) is 11.5 Å². The van der Waals surface area contributed by atoms with Gasteiger partial charge in [0, 0.05) is 18.0 Å². The predicted molar refractivity (Wildman–Crippen MR) is 97.8 cm³/mol. The molecule has 1 amide bonds. The number of carbonyl (C=O) groups is 2. The molecule has 0 atom stereocenters. The molecule has 1 rings (SSSR count). The van der Waals surface area contributed by atoms with Crippen LogP contribution in [0.1, 0.15) is 45.0 Å². The number of hydrogen-bond acceptors (Lipinski definition) is 6. The quantitative estimate of drug-likeness (QED) is 0.744. The van der Waals surface area contributed by atoms with E-state index in [4.69, 9.17) is 18.9 Å². The smallest absolute Gasteiger partial charge is 0.407 e. The van der Waals surface area contributed by atoms with Gasteiger partial charge in [0.25, 0.3) is 0 Å². The summed E-state index contributed by atoms with van der Waals surface area (Å²) in [6.07, 6.45) is -0.484. The number of ether oxygens (including phenoxy) is 4. The highest BCUT2D eigenvalue weighted by molar-refractivity contribution is 5.92. The molecule has 0 aliphatic rings. The summed E-state index contributed by atoms with van der Waals surface area (Å²) in [5.41, 5.74) is -0.641. The number of carbonyl (C=O) groups excluding carboxylic acids is 2. The molecule has 7 heteroatoms. The van der Waals surface area contributed by atoms with E-state index in [-0.39, 0.29) is 6.61 Å². The van der Waals surface area contributed by atoms with Crippen LogP contribution in [0.2, 0.25) is 0 Å². The highest BCUT2D eigenvalue weighted by atomic mass is 16.6. The summed E-state index contributed by atoms with van der Waals surface area (Å²) < 4.78 is 21.0. The van der Waals surface area contributed by atoms with Crippen molar-refractivity contribution in [3.8, 4) is 11.5 Å². The zero-order valence-electron chi connectivity index (χ0n) is 16.6. The van der Waals surface area contributed by atoms with Crippen LogP contribution in [0.4, 0.5) is 4.79 Å². The van der Waals surface area contributed by atoms with Crippen LogP contribution in [0.25, 0.3) is 0 Å². The fourth-order valence-corrected chi connectivity index (χ4v) is 1.98. The van der Waals surface area contributed by atoms with Crippen LogP contribution in [0.15, 0.2) is 18.2 Å². The molecule has 0 aromatic heterocycles. The Morgan fingerprint density at radius 1 is 1.08 bits per heavy atom. The van der Waals surface area contributed by atoms with Gasteiger partial charge in [0.1, 0.15) is 22.7 Å². The van der Waals surface area contributed by atoms with Crippen LogP contribution >= 0.6 is 0 Å². The molecule has 1 N–H and O–H groups in total. The van der Waals surface area contributed by atoms with E-state index in [2.05, 4.69) is 5.32 Å². The van der Waals surface area contributed by atoms with Crippen molar-refractivity contribution in [3.05, 3.63) is 23.8 Å². The molecule has 0 fully saturated rings. The van der Waals surface area contributed by atoms with Crippen LogP contribution in [0, 0.1) is 5.41 Å². The molecule has 0 aliphatic heterocycles. The van der Waals surface area contributed by atoms with Crippen LogP contribution in [-0.2, 0) is 9.47 Å². The normalized spacial score (nSPS) is 11.5. The molecule has 0 aliphatic carbocycles. The summed E-state index contributed by atoms with van der Waals surface area (Å²) >= 11 is 0. The fourth-order valence-electron chi connectivity index (χ4n) is 1.98. The Bertz CT molecular complexity index is 633. The van der Waals surface area contributed by atoms with Gasteiger partial charge in [0.15, 0.2) is 0 Å². The maximum Gasteiger partial charge on any atom is 0.407 e. The Kier molecular flexibility index (Phi) is 7.29. The van der Waals surface area contributed by atoms with Gasteiger partial charge in [-0.3, -0.25) is 0 Å². The van der Waals surface area contributed by atoms with E-state index < -0.39 is 23.1 Å². The Balaban J connectivity index is 2.74.